The third kappa shape index (κ3) is 9.30. The zero-order chi connectivity index (χ0) is 30.3. The quantitative estimate of drug-likeness (QED) is 0.262. The summed E-state index contributed by atoms with van der Waals surface area (Å²) < 4.78 is 10.7. The largest absolute Gasteiger partial charge is 0.444 e. The van der Waals surface area contributed by atoms with Crippen LogP contribution in [0, 0.1) is 11.8 Å². The monoisotopic (exact) mass is 641 g/mol. The Morgan fingerprint density at radius 2 is 1.81 bits per heavy atom. The van der Waals surface area contributed by atoms with Gasteiger partial charge in [-0.3, -0.25) is 19.1 Å². The van der Waals surface area contributed by atoms with E-state index in [0.29, 0.717) is 37.1 Å². The van der Waals surface area contributed by atoms with Crippen LogP contribution in [0.25, 0.3) is 11.4 Å². The molecule has 0 radical (unpaired) electrons. The Balaban J connectivity index is 1.36. The van der Waals surface area contributed by atoms with Crippen LogP contribution in [-0.4, -0.2) is 46.2 Å². The number of aromatic nitrogens is 2. The van der Waals surface area contributed by atoms with Crippen LogP contribution in [0.2, 0.25) is 0 Å². The van der Waals surface area contributed by atoms with E-state index in [1.807, 2.05) is 45.0 Å². The predicted octanol–water partition coefficient (Wildman–Crippen LogP) is 4.79. The number of halogens is 1. The molecule has 1 saturated carbocycles. The molecule has 1 aliphatic rings. The number of nitrogens with one attached hydrogen (secondary N) is 4. The second-order valence-electron chi connectivity index (χ2n) is 11.5. The van der Waals surface area contributed by atoms with Crippen LogP contribution in [0.4, 0.5) is 10.5 Å². The SMILES string of the molecule is CC(C)(C)OC(=O)NC[C@H]1CC[C@H](C(=O)N[C@@H](Cc2cccc(Br)c2)C(=O)Nc2ccc(-c3noc(=O)[nH]3)cc2)CC1. The summed E-state index contributed by atoms with van der Waals surface area (Å²) in [6.07, 6.45) is 2.79. The first-order valence-electron chi connectivity index (χ1n) is 13.9. The number of hydrogen-bond acceptors (Lipinski definition) is 7. The minimum absolute atomic E-state index is 0.158. The summed E-state index contributed by atoms with van der Waals surface area (Å²) in [5.41, 5.74) is 1.49. The van der Waals surface area contributed by atoms with Crippen molar-refractivity contribution in [3.05, 3.63) is 69.1 Å². The van der Waals surface area contributed by atoms with Gasteiger partial charge in [-0.2, -0.15) is 0 Å². The van der Waals surface area contributed by atoms with E-state index in [1.165, 1.54) is 0 Å². The van der Waals surface area contributed by atoms with Crippen LogP contribution in [0.3, 0.4) is 0 Å². The van der Waals surface area contributed by atoms with Crippen LogP contribution >= 0.6 is 15.9 Å². The number of amides is 3. The van der Waals surface area contributed by atoms with Gasteiger partial charge in [-0.05, 0) is 94.3 Å². The number of ether oxygens (including phenoxy) is 1. The summed E-state index contributed by atoms with van der Waals surface area (Å²) in [7, 11) is 0. The van der Waals surface area contributed by atoms with Gasteiger partial charge >= 0.3 is 11.8 Å². The van der Waals surface area contributed by atoms with Crippen molar-refractivity contribution in [1.29, 1.82) is 0 Å². The van der Waals surface area contributed by atoms with Crippen LogP contribution in [0.1, 0.15) is 52.0 Å². The van der Waals surface area contributed by atoms with E-state index in [1.54, 1.807) is 24.3 Å². The molecule has 1 aliphatic carbocycles. The average Bonchev–Trinajstić information content (AvgIpc) is 3.37. The fourth-order valence-corrected chi connectivity index (χ4v) is 5.31. The standard InChI is InChI=1S/C30H36BrN5O6/c1-30(2,3)41-28(39)32-17-18-7-9-21(10-8-18)26(37)34-24(16-19-5-4-6-22(31)15-19)27(38)33-23-13-11-20(12-14-23)25-35-29(40)42-36-25/h4-6,11-15,18,21,24H,7-10,16-17H2,1-3H3,(H,32,39)(H,33,38)(H,34,37)(H,35,36,40)/t18-,21-,24-/m0/s1. The molecule has 4 N–H and O–H groups in total. The fraction of sp³-hybridized carbons (Fsp3) is 0.433. The molecule has 0 saturated heterocycles. The van der Waals surface area contributed by atoms with Crippen LogP contribution in [0.5, 0.6) is 0 Å². The van der Waals surface area contributed by atoms with Crippen molar-refractivity contribution in [3.63, 3.8) is 0 Å². The third-order valence-corrected chi connectivity index (χ3v) is 7.47. The van der Waals surface area contributed by atoms with Gasteiger partial charge in [0.2, 0.25) is 11.8 Å². The second kappa shape index (κ2) is 13.8. The normalized spacial score (nSPS) is 17.6. The molecule has 12 heteroatoms. The summed E-state index contributed by atoms with van der Waals surface area (Å²) in [5, 5.41) is 12.4. The Kier molecular flexibility index (Phi) is 10.2. The number of hydrogen-bond donors (Lipinski definition) is 4. The predicted molar refractivity (Wildman–Crippen MR) is 161 cm³/mol. The molecular formula is C30H36BrN5O6. The van der Waals surface area contributed by atoms with Gasteiger partial charge in [0.1, 0.15) is 11.6 Å². The third-order valence-electron chi connectivity index (χ3n) is 6.98. The molecule has 42 heavy (non-hydrogen) atoms. The van der Waals surface area contributed by atoms with Gasteiger partial charge in [0.25, 0.3) is 0 Å². The molecule has 2 aromatic carbocycles. The zero-order valence-corrected chi connectivity index (χ0v) is 25.5. The van der Waals surface area contributed by atoms with E-state index in [-0.39, 0.29) is 29.5 Å². The van der Waals surface area contributed by atoms with Gasteiger partial charge < -0.3 is 20.7 Å². The van der Waals surface area contributed by atoms with E-state index in [9.17, 15) is 19.2 Å². The Morgan fingerprint density at radius 3 is 2.43 bits per heavy atom. The van der Waals surface area contributed by atoms with Crippen molar-refractivity contribution in [1.82, 2.24) is 20.8 Å². The number of rotatable bonds is 9. The van der Waals surface area contributed by atoms with Crippen molar-refractivity contribution >= 4 is 39.5 Å². The van der Waals surface area contributed by atoms with Crippen molar-refractivity contribution < 1.29 is 23.6 Å². The summed E-state index contributed by atoms with van der Waals surface area (Å²) >= 11 is 3.47. The number of carbonyl (C=O) groups excluding carboxylic acids is 3. The molecule has 4 rings (SSSR count). The number of H-pyrrole nitrogens is 1. The highest BCUT2D eigenvalue weighted by Gasteiger charge is 2.30. The zero-order valence-electron chi connectivity index (χ0n) is 23.9. The van der Waals surface area contributed by atoms with Crippen LogP contribution in [0.15, 0.2) is 62.3 Å². The molecule has 3 amide bonds. The smallest absolute Gasteiger partial charge is 0.439 e. The maximum atomic E-state index is 13.4. The average molecular weight is 643 g/mol. The Hall–Kier alpha value is -3.93. The molecule has 224 valence electrons. The summed E-state index contributed by atoms with van der Waals surface area (Å²) in [4.78, 5) is 52.4. The lowest BCUT2D eigenvalue weighted by Crippen LogP contribution is -2.48. The first-order chi connectivity index (χ1) is 19.9. The number of benzene rings is 2. The van der Waals surface area contributed by atoms with Crippen molar-refractivity contribution in [3.8, 4) is 11.4 Å². The molecule has 3 aromatic rings. The number of carbonyl (C=O) groups is 3. The Bertz CT molecular complexity index is 1440. The van der Waals surface area contributed by atoms with Gasteiger partial charge in [0.15, 0.2) is 5.82 Å². The highest BCUT2D eigenvalue weighted by atomic mass is 79.9. The number of alkyl carbamates (subject to hydrolysis) is 1. The van der Waals surface area contributed by atoms with Gasteiger partial charge in [-0.25, -0.2) is 9.59 Å². The van der Waals surface area contributed by atoms with Crippen molar-refractivity contribution in [2.24, 2.45) is 11.8 Å². The van der Waals surface area contributed by atoms with Gasteiger partial charge in [-0.15, -0.1) is 0 Å². The van der Waals surface area contributed by atoms with E-state index < -0.39 is 23.5 Å². The second-order valence-corrected chi connectivity index (χ2v) is 12.4. The molecule has 11 nitrogen and oxygen atoms in total. The van der Waals surface area contributed by atoms with Gasteiger partial charge in [0.05, 0.1) is 0 Å². The Morgan fingerprint density at radius 1 is 1.10 bits per heavy atom. The minimum Gasteiger partial charge on any atom is -0.444 e. The highest BCUT2D eigenvalue weighted by molar-refractivity contribution is 9.10. The molecule has 1 atom stereocenters. The van der Waals surface area contributed by atoms with E-state index in [0.717, 1.165) is 22.9 Å². The number of nitrogens with zero attached hydrogens (tertiary/aromatic N) is 1. The van der Waals surface area contributed by atoms with Gasteiger partial charge in [-0.1, -0.05) is 33.2 Å². The first kappa shape index (κ1) is 31.0. The summed E-state index contributed by atoms with van der Waals surface area (Å²) in [6, 6.07) is 13.6. The lowest BCUT2D eigenvalue weighted by molar-refractivity contribution is -0.130. The van der Waals surface area contributed by atoms with Crippen molar-refractivity contribution in [2.45, 2.75) is 64.5 Å². The molecule has 1 fully saturated rings. The van der Waals surface area contributed by atoms with Crippen LogP contribution < -0.4 is 21.7 Å². The number of anilines is 1. The minimum atomic E-state index is -0.801. The maximum absolute atomic E-state index is 13.4. The first-order valence-corrected chi connectivity index (χ1v) is 14.7. The molecular weight excluding hydrogens is 606 g/mol. The lowest BCUT2D eigenvalue weighted by atomic mass is 9.81. The van der Waals surface area contributed by atoms with Gasteiger partial charge in [0, 0.05) is 34.6 Å². The van der Waals surface area contributed by atoms with E-state index in [4.69, 9.17) is 4.74 Å². The van der Waals surface area contributed by atoms with E-state index >= 15 is 0 Å². The fourth-order valence-electron chi connectivity index (χ4n) is 4.86. The van der Waals surface area contributed by atoms with E-state index in [2.05, 4.69) is 46.5 Å². The molecule has 0 spiro atoms. The Labute approximate surface area is 252 Å². The topological polar surface area (TPSA) is 155 Å². The summed E-state index contributed by atoms with van der Waals surface area (Å²) in [6.45, 7) is 5.96. The molecule has 0 aliphatic heterocycles. The summed E-state index contributed by atoms with van der Waals surface area (Å²) in [5.74, 6) is -0.826. The maximum Gasteiger partial charge on any atom is 0.439 e. The number of aromatic amines is 1. The molecule has 0 unspecified atom stereocenters. The van der Waals surface area contributed by atoms with Crippen molar-refractivity contribution in [2.75, 3.05) is 11.9 Å². The van der Waals surface area contributed by atoms with Crippen LogP contribution in [-0.2, 0) is 20.7 Å². The molecule has 1 heterocycles. The molecule has 0 bridgehead atoms. The molecule has 1 aromatic heterocycles. The highest BCUT2D eigenvalue weighted by Crippen LogP contribution is 2.29. The lowest BCUT2D eigenvalue weighted by Gasteiger charge is -2.29.